The van der Waals surface area contributed by atoms with E-state index in [-0.39, 0.29) is 24.0 Å². The summed E-state index contributed by atoms with van der Waals surface area (Å²) in [5.41, 5.74) is 0. The minimum atomic E-state index is -0.581. The molecular weight excluding hydrogens is 1290 g/mol. The smallest absolute Gasteiger partial charge is 0.306 e. The van der Waals surface area contributed by atoms with E-state index in [9.17, 15) is 34.8 Å². The first kappa shape index (κ1) is 96.8. The first-order chi connectivity index (χ1) is 48.9. The van der Waals surface area contributed by atoms with Crippen molar-refractivity contribution in [2.75, 3.05) is 103 Å². The molecule has 0 bridgehead atoms. The van der Waals surface area contributed by atoms with Gasteiger partial charge in [0.15, 0.2) is 0 Å². The average Bonchev–Trinajstić information content (AvgIpc) is 1.13. The van der Waals surface area contributed by atoms with Crippen LogP contribution in [0.3, 0.4) is 0 Å². The third-order valence-corrected chi connectivity index (χ3v) is 23.1. The normalized spacial score (nSPS) is 14.4. The topological polar surface area (TPSA) is 173 Å². The van der Waals surface area contributed by atoms with Gasteiger partial charge in [0.2, 0.25) is 0 Å². The van der Waals surface area contributed by atoms with Gasteiger partial charge in [-0.3, -0.25) is 29.1 Å². The van der Waals surface area contributed by atoms with Gasteiger partial charge in [0.25, 0.3) is 0 Å². The van der Waals surface area contributed by atoms with Crippen molar-refractivity contribution in [3.05, 3.63) is 0 Å². The number of esters is 3. The quantitative estimate of drug-likeness (QED) is 0.0196. The Hall–Kier alpha value is -1.21. The summed E-state index contributed by atoms with van der Waals surface area (Å²) >= 11 is 0. The molecule has 1 aliphatic heterocycles. The second-order valence-electron chi connectivity index (χ2n) is 30.5. The number of aliphatic hydroxyl groups is 4. The molecule has 100 heavy (non-hydrogen) atoms. The number of aliphatic hydroxyl groups excluding tert-OH is 4. The molecule has 4 unspecified atom stereocenters. The van der Waals surface area contributed by atoms with Crippen molar-refractivity contribution in [3.63, 3.8) is 0 Å². The molecule has 0 spiro atoms. The van der Waals surface area contributed by atoms with Gasteiger partial charge >= 0.3 is 17.9 Å². The first-order valence-electron chi connectivity index (χ1n) is 43.3. The summed E-state index contributed by atoms with van der Waals surface area (Å²) in [5, 5.41) is 44.6. The van der Waals surface area contributed by atoms with Crippen LogP contribution in [0.15, 0.2) is 0 Å². The van der Waals surface area contributed by atoms with Crippen LogP contribution in [0.5, 0.6) is 0 Å². The maximum atomic E-state index is 13.1. The zero-order valence-corrected chi connectivity index (χ0v) is 68.1. The van der Waals surface area contributed by atoms with Crippen molar-refractivity contribution < 1.29 is 49.0 Å². The molecule has 0 aromatic heterocycles. The fraction of sp³-hybridized carbons (Fsp3) is 0.964. The Balaban J connectivity index is 2.49. The van der Waals surface area contributed by atoms with Gasteiger partial charge in [-0.2, -0.15) is 0 Å². The number of carbonyl (C=O) groups excluding carboxylic acids is 3. The predicted molar refractivity (Wildman–Crippen MR) is 429 cm³/mol. The zero-order valence-electron chi connectivity index (χ0n) is 66.4. The van der Waals surface area contributed by atoms with Gasteiger partial charge in [-0.1, -0.05) is 287 Å². The molecule has 0 radical (unpaired) electrons. The SMILES string of the molecule is CCCCCCCCCCCOC(=O)CCCC(O)CN(CCCCSSCCCCN1CCN(CCOC(=O)CCCN(CC(O)CCCCCCCCCC)CC(O)CCCCCCCCCC)CC1)CC(O)CCCCCC(=O)OC(CCCCCCCC)CCCCCCCC. The highest BCUT2D eigenvalue weighted by Gasteiger charge is 2.21. The minimum Gasteiger partial charge on any atom is -0.466 e. The number of unbranched alkanes of at least 4 members (excludes halogenated alkanes) is 36. The van der Waals surface area contributed by atoms with E-state index in [0.29, 0.717) is 90.9 Å². The molecule has 1 aliphatic rings. The number of rotatable bonds is 79. The Kier molecular flexibility index (Phi) is 72.2. The summed E-state index contributed by atoms with van der Waals surface area (Å²) in [5.74, 6) is 1.80. The van der Waals surface area contributed by atoms with Crippen LogP contribution in [0.1, 0.15) is 388 Å². The Morgan fingerprint density at radius 2 is 0.630 bits per heavy atom. The van der Waals surface area contributed by atoms with Gasteiger partial charge in [-0.15, -0.1) is 0 Å². The number of carbonyl (C=O) groups is 3. The highest BCUT2D eigenvalue weighted by atomic mass is 33.1. The summed E-state index contributed by atoms with van der Waals surface area (Å²) in [6, 6.07) is 0. The van der Waals surface area contributed by atoms with E-state index in [0.717, 1.165) is 166 Å². The van der Waals surface area contributed by atoms with Crippen LogP contribution in [-0.2, 0) is 28.6 Å². The van der Waals surface area contributed by atoms with Crippen LogP contribution in [0.4, 0.5) is 0 Å². The molecule has 14 nitrogen and oxygen atoms in total. The van der Waals surface area contributed by atoms with E-state index in [2.05, 4.69) is 54.2 Å². The Morgan fingerprint density at radius 3 is 1.05 bits per heavy atom. The van der Waals surface area contributed by atoms with Gasteiger partial charge in [0, 0.05) is 89.7 Å². The predicted octanol–water partition coefficient (Wildman–Crippen LogP) is 20.6. The van der Waals surface area contributed by atoms with Crippen molar-refractivity contribution >= 4 is 39.5 Å². The monoisotopic (exact) mass is 1460 g/mol. The molecule has 0 aliphatic carbocycles. The molecule has 594 valence electrons. The van der Waals surface area contributed by atoms with Gasteiger partial charge in [-0.05, 0) is 122 Å². The highest BCUT2D eigenvalue weighted by molar-refractivity contribution is 8.76. The second kappa shape index (κ2) is 74.6. The summed E-state index contributed by atoms with van der Waals surface area (Å²) in [6.07, 6.45) is 58.0. The van der Waals surface area contributed by atoms with Gasteiger partial charge in [-0.25, -0.2) is 0 Å². The summed E-state index contributed by atoms with van der Waals surface area (Å²) in [6.45, 7) is 21.6. The van der Waals surface area contributed by atoms with Gasteiger partial charge in [0.1, 0.15) is 12.7 Å². The highest BCUT2D eigenvalue weighted by Crippen LogP contribution is 2.25. The van der Waals surface area contributed by atoms with E-state index in [1.807, 2.05) is 21.6 Å². The average molecular weight is 1460 g/mol. The maximum Gasteiger partial charge on any atom is 0.306 e. The van der Waals surface area contributed by atoms with E-state index < -0.39 is 24.4 Å². The molecule has 1 saturated heterocycles. The number of hydrogen-bond donors (Lipinski definition) is 4. The van der Waals surface area contributed by atoms with Crippen LogP contribution in [0.2, 0.25) is 0 Å². The van der Waals surface area contributed by atoms with Gasteiger partial charge < -0.3 is 39.5 Å². The van der Waals surface area contributed by atoms with E-state index in [4.69, 9.17) is 14.2 Å². The molecule has 0 aromatic carbocycles. The summed E-state index contributed by atoms with van der Waals surface area (Å²) in [4.78, 5) is 47.9. The van der Waals surface area contributed by atoms with Crippen LogP contribution in [-0.4, -0.2) is 192 Å². The minimum absolute atomic E-state index is 0.0362. The van der Waals surface area contributed by atoms with Crippen LogP contribution >= 0.6 is 21.6 Å². The number of piperazine rings is 1. The van der Waals surface area contributed by atoms with Crippen molar-refractivity contribution in [1.29, 1.82) is 0 Å². The van der Waals surface area contributed by atoms with Crippen molar-refractivity contribution in [2.45, 2.75) is 418 Å². The molecule has 1 rings (SSSR count). The lowest BCUT2D eigenvalue weighted by Crippen LogP contribution is -2.47. The fourth-order valence-corrected chi connectivity index (χ4v) is 16.3. The van der Waals surface area contributed by atoms with Crippen LogP contribution in [0.25, 0.3) is 0 Å². The molecule has 4 N–H and O–H groups in total. The van der Waals surface area contributed by atoms with E-state index >= 15 is 0 Å². The number of hydrogen-bond acceptors (Lipinski definition) is 16. The van der Waals surface area contributed by atoms with E-state index in [1.54, 1.807) is 0 Å². The molecular formula is C84H166N4O10S2. The van der Waals surface area contributed by atoms with Crippen molar-refractivity contribution in [1.82, 2.24) is 19.6 Å². The van der Waals surface area contributed by atoms with Crippen LogP contribution < -0.4 is 0 Å². The third kappa shape index (κ3) is 66.2. The Morgan fingerprint density at radius 1 is 0.320 bits per heavy atom. The zero-order chi connectivity index (χ0) is 72.7. The van der Waals surface area contributed by atoms with Crippen molar-refractivity contribution in [2.24, 2.45) is 0 Å². The van der Waals surface area contributed by atoms with E-state index in [1.165, 1.54) is 199 Å². The van der Waals surface area contributed by atoms with Crippen LogP contribution in [0, 0.1) is 0 Å². The van der Waals surface area contributed by atoms with Crippen molar-refractivity contribution in [3.8, 4) is 0 Å². The fourth-order valence-electron chi connectivity index (χ4n) is 14.0. The molecule has 0 aromatic rings. The lowest BCUT2D eigenvalue weighted by atomic mass is 10.0. The second-order valence-corrected chi connectivity index (χ2v) is 33.2. The molecule has 1 fully saturated rings. The molecule has 16 heteroatoms. The molecule has 4 atom stereocenters. The maximum absolute atomic E-state index is 13.1. The Bertz CT molecular complexity index is 1690. The van der Waals surface area contributed by atoms with Gasteiger partial charge in [0.05, 0.1) is 31.0 Å². The molecule has 1 heterocycles. The first-order valence-corrected chi connectivity index (χ1v) is 45.8. The summed E-state index contributed by atoms with van der Waals surface area (Å²) in [7, 11) is 3.93. The largest absolute Gasteiger partial charge is 0.466 e. The molecule has 0 amide bonds. The lowest BCUT2D eigenvalue weighted by Gasteiger charge is -2.34. The standard InChI is InChI=1S/C84H166N4O10S2/c1-6-11-16-21-26-29-32-37-47-69-96-82(93)59-50-55-80(92)76-87(73-79(91)54-41-38-44-58-84(95)98-81(56-42-35-24-19-14-9-4)57-43-36-25-20-15-10-5)62-46-49-72-100-99-71-48-45-61-85-64-66-86(67-65-85)68-70-97-83(94)60-51-63-88(74-77(89)52-39-33-30-27-22-17-12-7-2)75-78(90)53-40-34-31-28-23-18-13-8-3/h77-81,89-92H,6-76H2,1-5H3. The Labute approximate surface area is 626 Å². The number of nitrogens with zero attached hydrogens (tertiary/aromatic N) is 4. The third-order valence-electron chi connectivity index (χ3n) is 20.5. The lowest BCUT2D eigenvalue weighted by molar-refractivity contribution is -0.150. The summed E-state index contributed by atoms with van der Waals surface area (Å²) < 4.78 is 17.4. The number of ether oxygens (including phenoxy) is 3. The molecule has 0 saturated carbocycles.